The minimum absolute atomic E-state index is 0.0840. The van der Waals surface area contributed by atoms with Gasteiger partial charge < -0.3 is 9.64 Å². The quantitative estimate of drug-likeness (QED) is 0.731. The van der Waals surface area contributed by atoms with E-state index in [4.69, 9.17) is 24.7 Å². The molecule has 170 valence electrons. The maximum Gasteiger partial charge on any atom is 0.228 e. The smallest absolute Gasteiger partial charge is 0.228 e. The summed E-state index contributed by atoms with van der Waals surface area (Å²) in [5, 5.41) is 6.36. The Hall–Kier alpha value is -2.61. The summed E-state index contributed by atoms with van der Waals surface area (Å²) in [4.78, 5) is 21.9. The summed E-state index contributed by atoms with van der Waals surface area (Å²) in [6.45, 7) is 11.7. The van der Waals surface area contributed by atoms with Gasteiger partial charge in [0.2, 0.25) is 5.95 Å². The third-order valence-corrected chi connectivity index (χ3v) is 6.99. The first kappa shape index (κ1) is 21.2. The molecular formula is C24H33N7O. The fourth-order valence-electron chi connectivity index (χ4n) is 4.69. The molecule has 8 nitrogen and oxygen atoms in total. The van der Waals surface area contributed by atoms with Crippen molar-refractivity contribution in [2.75, 3.05) is 38.2 Å². The maximum absolute atomic E-state index is 6.10. The molecule has 0 amide bonds. The van der Waals surface area contributed by atoms with Gasteiger partial charge in [0, 0.05) is 38.8 Å². The van der Waals surface area contributed by atoms with Gasteiger partial charge in [0.15, 0.2) is 5.65 Å². The molecule has 2 aromatic heterocycles. The molecule has 0 aromatic carbocycles. The zero-order valence-electron chi connectivity index (χ0n) is 19.8. The van der Waals surface area contributed by atoms with Crippen LogP contribution in [0.25, 0.3) is 16.7 Å². The Balaban J connectivity index is 1.53. The second-order valence-corrected chi connectivity index (χ2v) is 10.2. The SMILES string of the molecule is Cc1nc2nc(N3CCO[C@@H](C4C=NN(C)C4)C3)nc(C3=CCC(C)(C)CC3)c2nc1C. The highest BCUT2D eigenvalue weighted by atomic mass is 16.5. The van der Waals surface area contributed by atoms with Crippen molar-refractivity contribution in [1.29, 1.82) is 0 Å². The lowest BCUT2D eigenvalue weighted by molar-refractivity contribution is 0.0172. The van der Waals surface area contributed by atoms with E-state index in [9.17, 15) is 0 Å². The van der Waals surface area contributed by atoms with Crippen LogP contribution in [-0.4, -0.2) is 70.6 Å². The second kappa shape index (κ2) is 8.06. The van der Waals surface area contributed by atoms with Crippen LogP contribution in [0.15, 0.2) is 11.2 Å². The van der Waals surface area contributed by atoms with Gasteiger partial charge in [-0.15, -0.1) is 0 Å². The van der Waals surface area contributed by atoms with Crippen LogP contribution in [0.3, 0.4) is 0 Å². The van der Waals surface area contributed by atoms with Crippen LogP contribution in [0.2, 0.25) is 0 Å². The van der Waals surface area contributed by atoms with Crippen LogP contribution in [0.4, 0.5) is 5.95 Å². The van der Waals surface area contributed by atoms with E-state index in [1.807, 2.05) is 32.1 Å². The van der Waals surface area contributed by atoms with E-state index in [1.54, 1.807) is 0 Å². The summed E-state index contributed by atoms with van der Waals surface area (Å²) in [6.07, 6.45) is 7.64. The highest BCUT2D eigenvalue weighted by molar-refractivity contribution is 5.86. The summed E-state index contributed by atoms with van der Waals surface area (Å²) in [7, 11) is 2.00. The van der Waals surface area contributed by atoms with Crippen molar-refractivity contribution in [2.24, 2.45) is 16.4 Å². The molecule has 2 aliphatic heterocycles. The van der Waals surface area contributed by atoms with Crippen molar-refractivity contribution in [3.8, 4) is 0 Å². The number of hydrazone groups is 1. The summed E-state index contributed by atoms with van der Waals surface area (Å²) in [6, 6.07) is 0. The molecule has 1 unspecified atom stereocenters. The van der Waals surface area contributed by atoms with Crippen molar-refractivity contribution >= 4 is 28.9 Å². The number of morpholine rings is 1. The third-order valence-electron chi connectivity index (χ3n) is 6.99. The predicted molar refractivity (Wildman–Crippen MR) is 127 cm³/mol. The molecule has 2 atom stereocenters. The first-order chi connectivity index (χ1) is 15.3. The average Bonchev–Trinajstić information content (AvgIpc) is 3.21. The topological polar surface area (TPSA) is 79.6 Å². The van der Waals surface area contributed by atoms with Crippen LogP contribution in [0.5, 0.6) is 0 Å². The summed E-state index contributed by atoms with van der Waals surface area (Å²) in [5.74, 6) is 1.02. The van der Waals surface area contributed by atoms with Crippen LogP contribution in [0, 0.1) is 25.2 Å². The monoisotopic (exact) mass is 435 g/mol. The number of ether oxygens (including phenoxy) is 1. The van der Waals surface area contributed by atoms with E-state index in [-0.39, 0.29) is 12.0 Å². The van der Waals surface area contributed by atoms with E-state index < -0.39 is 0 Å². The Morgan fingerprint density at radius 1 is 1.06 bits per heavy atom. The molecule has 32 heavy (non-hydrogen) atoms. The molecule has 2 aromatic rings. The Morgan fingerprint density at radius 2 is 1.88 bits per heavy atom. The molecule has 3 aliphatic rings. The number of anilines is 1. The Morgan fingerprint density at radius 3 is 2.59 bits per heavy atom. The van der Waals surface area contributed by atoms with Crippen molar-refractivity contribution in [3.63, 3.8) is 0 Å². The lowest BCUT2D eigenvalue weighted by atomic mass is 9.77. The van der Waals surface area contributed by atoms with Crippen molar-refractivity contribution in [2.45, 2.75) is 53.1 Å². The first-order valence-corrected chi connectivity index (χ1v) is 11.6. The van der Waals surface area contributed by atoms with Gasteiger partial charge in [0.25, 0.3) is 0 Å². The first-order valence-electron chi connectivity index (χ1n) is 11.6. The van der Waals surface area contributed by atoms with Gasteiger partial charge >= 0.3 is 0 Å². The van der Waals surface area contributed by atoms with Gasteiger partial charge in [0.05, 0.1) is 29.8 Å². The lowest BCUT2D eigenvalue weighted by Crippen LogP contribution is -2.47. The Bertz CT molecular complexity index is 1090. The largest absolute Gasteiger partial charge is 0.374 e. The third kappa shape index (κ3) is 4.08. The van der Waals surface area contributed by atoms with E-state index in [0.29, 0.717) is 17.7 Å². The van der Waals surface area contributed by atoms with E-state index in [1.165, 1.54) is 5.57 Å². The minimum atomic E-state index is 0.0840. The van der Waals surface area contributed by atoms with E-state index in [2.05, 4.69) is 29.9 Å². The molecule has 0 N–H and O–H groups in total. The summed E-state index contributed by atoms with van der Waals surface area (Å²) in [5.41, 5.74) is 5.90. The number of rotatable bonds is 3. The Kier molecular flexibility index (Phi) is 5.35. The summed E-state index contributed by atoms with van der Waals surface area (Å²) >= 11 is 0. The van der Waals surface area contributed by atoms with Crippen molar-refractivity contribution in [3.05, 3.63) is 23.2 Å². The fraction of sp³-hybridized carbons (Fsp3) is 0.625. The molecule has 8 heteroatoms. The Labute approximate surface area is 189 Å². The molecule has 1 saturated heterocycles. The van der Waals surface area contributed by atoms with Crippen LogP contribution >= 0.6 is 0 Å². The number of fused-ring (bicyclic) bond motifs is 1. The standard InChI is InChI=1S/C24H33N7O/c1-15-16(2)27-22-21(26-15)20(17-6-8-24(3,4)9-7-17)28-23(29-22)31-10-11-32-19(14-31)18-12-25-30(5)13-18/h6,12,18-19H,7-11,13-14H2,1-5H3/t18?,19-/m1/s1. The molecule has 1 aliphatic carbocycles. The number of hydrogen-bond donors (Lipinski definition) is 0. The molecule has 1 fully saturated rings. The number of nitrogens with zero attached hydrogens (tertiary/aromatic N) is 7. The predicted octanol–water partition coefficient (Wildman–Crippen LogP) is 3.38. The van der Waals surface area contributed by atoms with Gasteiger partial charge in [-0.25, -0.2) is 15.0 Å². The molecule has 4 heterocycles. The number of aromatic nitrogens is 4. The van der Waals surface area contributed by atoms with Crippen LogP contribution in [0.1, 0.15) is 50.2 Å². The van der Waals surface area contributed by atoms with Gasteiger partial charge in [-0.05, 0) is 44.1 Å². The number of hydrogen-bond acceptors (Lipinski definition) is 8. The summed E-state index contributed by atoms with van der Waals surface area (Å²) < 4.78 is 6.10. The number of aryl methyl sites for hydroxylation is 2. The molecule has 0 spiro atoms. The maximum atomic E-state index is 6.10. The van der Waals surface area contributed by atoms with Gasteiger partial charge in [-0.1, -0.05) is 19.9 Å². The van der Waals surface area contributed by atoms with Crippen LogP contribution < -0.4 is 4.90 Å². The van der Waals surface area contributed by atoms with Gasteiger partial charge in [-0.3, -0.25) is 5.01 Å². The van der Waals surface area contributed by atoms with Crippen molar-refractivity contribution in [1.82, 2.24) is 24.9 Å². The van der Waals surface area contributed by atoms with E-state index >= 15 is 0 Å². The molecular weight excluding hydrogens is 402 g/mol. The molecule has 0 bridgehead atoms. The van der Waals surface area contributed by atoms with Gasteiger partial charge in [-0.2, -0.15) is 10.1 Å². The highest BCUT2D eigenvalue weighted by Gasteiger charge is 2.32. The highest BCUT2D eigenvalue weighted by Crippen LogP contribution is 2.39. The second-order valence-electron chi connectivity index (χ2n) is 10.2. The van der Waals surface area contributed by atoms with Gasteiger partial charge in [0.1, 0.15) is 5.52 Å². The lowest BCUT2D eigenvalue weighted by Gasteiger charge is -2.35. The normalized spacial score (nSPS) is 25.5. The molecule has 5 rings (SSSR count). The van der Waals surface area contributed by atoms with E-state index in [0.717, 1.165) is 67.4 Å². The minimum Gasteiger partial charge on any atom is -0.374 e. The fourth-order valence-corrected chi connectivity index (χ4v) is 4.69. The molecule has 0 radical (unpaired) electrons. The van der Waals surface area contributed by atoms with Crippen LogP contribution in [-0.2, 0) is 4.74 Å². The zero-order valence-corrected chi connectivity index (χ0v) is 19.8. The zero-order chi connectivity index (χ0) is 22.5. The molecule has 0 saturated carbocycles. The van der Waals surface area contributed by atoms with Crippen molar-refractivity contribution < 1.29 is 4.74 Å². The number of allylic oxidation sites excluding steroid dienone is 2. The average molecular weight is 436 g/mol.